The zero-order valence-electron chi connectivity index (χ0n) is 15.7. The van der Waals surface area contributed by atoms with Crippen molar-refractivity contribution >= 4 is 34.2 Å². The Morgan fingerprint density at radius 2 is 1.58 bits per heavy atom. The molecule has 2 aromatic heterocycles. The number of methoxy groups -OCH3 is 1. The van der Waals surface area contributed by atoms with E-state index in [0.717, 1.165) is 28.3 Å². The van der Waals surface area contributed by atoms with E-state index < -0.39 is 18.4 Å². The zero-order valence-corrected chi connectivity index (χ0v) is 18.6. The molecule has 0 fully saturated rings. The minimum absolute atomic E-state index is 0.864. The quantitative estimate of drug-likeness (QED) is 0.520. The fraction of sp³-hybridized carbons (Fsp3) is 0.182. The van der Waals surface area contributed by atoms with Crippen LogP contribution in [0.2, 0.25) is 14.8 Å². The molecule has 0 N–H and O–H groups in total. The van der Waals surface area contributed by atoms with Gasteiger partial charge in [0.05, 0.1) is 7.11 Å². The molecule has 26 heavy (non-hydrogen) atoms. The third kappa shape index (κ3) is 4.73. The van der Waals surface area contributed by atoms with Gasteiger partial charge in [0.15, 0.2) is 0 Å². The van der Waals surface area contributed by atoms with Crippen LogP contribution < -0.4 is 8.45 Å². The summed E-state index contributed by atoms with van der Waals surface area (Å²) in [7, 11) is 1.68. The van der Waals surface area contributed by atoms with E-state index >= 15 is 0 Å². The van der Waals surface area contributed by atoms with Gasteiger partial charge in [-0.3, -0.25) is 0 Å². The van der Waals surface area contributed by atoms with Crippen LogP contribution in [0.25, 0.3) is 23.5 Å². The number of benzene rings is 1. The first-order valence-electron chi connectivity index (χ1n) is 8.72. The van der Waals surface area contributed by atoms with Crippen LogP contribution in [0, 0.1) is 0 Å². The van der Waals surface area contributed by atoms with E-state index in [4.69, 9.17) is 9.72 Å². The minimum atomic E-state index is -2.19. The van der Waals surface area contributed by atoms with Gasteiger partial charge in [0, 0.05) is 0 Å². The Labute approximate surface area is 159 Å². The molecule has 4 heteroatoms. The summed E-state index contributed by atoms with van der Waals surface area (Å²) < 4.78 is 6.47. The molecular formula is C22H24N2OSn. The summed E-state index contributed by atoms with van der Waals surface area (Å²) in [5.41, 5.74) is 4.11. The van der Waals surface area contributed by atoms with Gasteiger partial charge in [0.1, 0.15) is 0 Å². The van der Waals surface area contributed by atoms with Crippen LogP contribution in [-0.4, -0.2) is 35.5 Å². The molecule has 0 radical (unpaired) electrons. The maximum absolute atomic E-state index is 5.20. The molecule has 1 aromatic carbocycles. The number of ether oxygens (including phenoxy) is 1. The second kappa shape index (κ2) is 8.04. The molecule has 132 valence electrons. The molecule has 3 aromatic rings. The van der Waals surface area contributed by atoms with E-state index in [2.05, 4.69) is 50.2 Å². The SMILES string of the molecule is COc1ccc(/C=C/c2ccnc(-c3ccc[c]([Sn]([CH3])([CH3])[CH3])n3)c2)cc1. The Bertz CT molecular complexity index is 912. The summed E-state index contributed by atoms with van der Waals surface area (Å²) >= 11 is -2.19. The van der Waals surface area contributed by atoms with E-state index in [1.54, 1.807) is 7.11 Å². The third-order valence-corrected chi connectivity index (χ3v) is 9.33. The summed E-state index contributed by atoms with van der Waals surface area (Å²) in [6.45, 7) is 0. The van der Waals surface area contributed by atoms with Crippen LogP contribution >= 0.6 is 0 Å². The Balaban J connectivity index is 1.85. The van der Waals surface area contributed by atoms with E-state index in [-0.39, 0.29) is 0 Å². The second-order valence-electron chi connectivity index (χ2n) is 7.24. The van der Waals surface area contributed by atoms with Gasteiger partial charge < -0.3 is 4.74 Å². The number of pyridine rings is 2. The molecule has 3 rings (SSSR count). The van der Waals surface area contributed by atoms with E-state index in [0.29, 0.717) is 0 Å². The predicted molar refractivity (Wildman–Crippen MR) is 112 cm³/mol. The second-order valence-corrected chi connectivity index (χ2v) is 21.5. The van der Waals surface area contributed by atoms with Gasteiger partial charge in [-0.15, -0.1) is 0 Å². The molecule has 0 spiro atoms. The first-order chi connectivity index (χ1) is 12.5. The average molecular weight is 451 g/mol. The summed E-state index contributed by atoms with van der Waals surface area (Å²) in [5, 5.41) is 0. The summed E-state index contributed by atoms with van der Waals surface area (Å²) in [5.74, 6) is 0.864. The fourth-order valence-electron chi connectivity index (χ4n) is 2.59. The number of hydrogen-bond acceptors (Lipinski definition) is 3. The molecule has 0 saturated carbocycles. The predicted octanol–water partition coefficient (Wildman–Crippen LogP) is 4.87. The number of hydrogen-bond donors (Lipinski definition) is 0. The molecule has 0 aliphatic heterocycles. The zero-order chi connectivity index (χ0) is 18.6. The van der Waals surface area contributed by atoms with Crippen molar-refractivity contribution in [2.75, 3.05) is 7.11 Å². The topological polar surface area (TPSA) is 35.0 Å². The van der Waals surface area contributed by atoms with Gasteiger partial charge in [-0.25, -0.2) is 0 Å². The summed E-state index contributed by atoms with van der Waals surface area (Å²) in [4.78, 5) is 16.5. The van der Waals surface area contributed by atoms with Crippen LogP contribution in [0.4, 0.5) is 0 Å². The summed E-state index contributed by atoms with van der Waals surface area (Å²) in [6.07, 6.45) is 6.03. The Morgan fingerprint density at radius 3 is 2.27 bits per heavy atom. The Hall–Kier alpha value is -2.14. The van der Waals surface area contributed by atoms with Crippen molar-refractivity contribution < 1.29 is 4.74 Å². The van der Waals surface area contributed by atoms with E-state index in [9.17, 15) is 0 Å². The fourth-order valence-corrected chi connectivity index (χ4v) is 5.60. The number of nitrogens with zero attached hydrogens (tertiary/aromatic N) is 2. The van der Waals surface area contributed by atoms with Crippen molar-refractivity contribution in [3.05, 3.63) is 71.9 Å². The molecule has 0 saturated heterocycles. The maximum atomic E-state index is 5.20. The van der Waals surface area contributed by atoms with E-state index in [1.165, 1.54) is 3.71 Å². The molecular weight excluding hydrogens is 427 g/mol. The van der Waals surface area contributed by atoms with Crippen molar-refractivity contribution in [2.45, 2.75) is 14.8 Å². The van der Waals surface area contributed by atoms with Crippen LogP contribution in [0.1, 0.15) is 11.1 Å². The average Bonchev–Trinajstić information content (AvgIpc) is 2.66. The monoisotopic (exact) mass is 452 g/mol. The molecule has 0 aliphatic carbocycles. The van der Waals surface area contributed by atoms with Gasteiger partial charge >= 0.3 is 148 Å². The van der Waals surface area contributed by atoms with Crippen molar-refractivity contribution in [1.29, 1.82) is 0 Å². The van der Waals surface area contributed by atoms with Crippen molar-refractivity contribution in [1.82, 2.24) is 9.97 Å². The first-order valence-corrected chi connectivity index (χ1v) is 18.7. The normalized spacial score (nSPS) is 11.7. The van der Waals surface area contributed by atoms with Gasteiger partial charge in [0.2, 0.25) is 0 Å². The van der Waals surface area contributed by atoms with Gasteiger partial charge in [0.25, 0.3) is 0 Å². The molecule has 0 atom stereocenters. The Morgan fingerprint density at radius 1 is 0.846 bits per heavy atom. The summed E-state index contributed by atoms with van der Waals surface area (Å²) in [6, 6.07) is 18.4. The van der Waals surface area contributed by atoms with Crippen LogP contribution in [0.3, 0.4) is 0 Å². The van der Waals surface area contributed by atoms with Crippen molar-refractivity contribution in [2.24, 2.45) is 0 Å². The van der Waals surface area contributed by atoms with Crippen LogP contribution in [0.5, 0.6) is 5.75 Å². The Kier molecular flexibility index (Phi) is 5.76. The molecule has 0 aliphatic rings. The first kappa shape index (κ1) is 18.6. The standard InChI is InChI=1S/C19H15N2O.3CH3.Sn/c1-22-17-9-7-15(8-10-17)5-6-16-11-13-21-19(14-16)18-4-2-3-12-20-18;;;;/h2-11,13-14H,1H3;3*1H3;/b6-5+;;;;. The number of aromatic nitrogens is 2. The molecule has 0 bridgehead atoms. The van der Waals surface area contributed by atoms with Crippen LogP contribution in [0.15, 0.2) is 60.8 Å². The van der Waals surface area contributed by atoms with Gasteiger partial charge in [-0.2, -0.15) is 0 Å². The van der Waals surface area contributed by atoms with E-state index in [1.807, 2.05) is 42.6 Å². The molecule has 2 heterocycles. The van der Waals surface area contributed by atoms with Crippen molar-refractivity contribution in [3.63, 3.8) is 0 Å². The molecule has 3 nitrogen and oxygen atoms in total. The molecule has 0 amide bonds. The van der Waals surface area contributed by atoms with Crippen LogP contribution in [-0.2, 0) is 0 Å². The third-order valence-electron chi connectivity index (χ3n) is 4.15. The molecule has 0 unspecified atom stereocenters. The van der Waals surface area contributed by atoms with Crippen molar-refractivity contribution in [3.8, 4) is 17.1 Å². The van der Waals surface area contributed by atoms with Gasteiger partial charge in [-0.1, -0.05) is 0 Å². The van der Waals surface area contributed by atoms with Gasteiger partial charge in [-0.05, 0) is 0 Å². The number of rotatable bonds is 5.